The van der Waals surface area contributed by atoms with Crippen LogP contribution in [0.5, 0.6) is 0 Å². The summed E-state index contributed by atoms with van der Waals surface area (Å²) in [6.07, 6.45) is 0.882. The van der Waals surface area contributed by atoms with Crippen molar-refractivity contribution in [2.75, 3.05) is 40.8 Å². The Labute approximate surface area is 106 Å². The molecule has 17 heavy (non-hydrogen) atoms. The fourth-order valence-corrected chi connectivity index (χ4v) is 2.52. The Morgan fingerprint density at radius 3 is 2.53 bits per heavy atom. The summed E-state index contributed by atoms with van der Waals surface area (Å²) in [5.41, 5.74) is -0.389. The molecule has 98 valence electrons. The summed E-state index contributed by atoms with van der Waals surface area (Å²) in [6.45, 7) is 7.55. The van der Waals surface area contributed by atoms with E-state index in [0.29, 0.717) is 12.0 Å². The van der Waals surface area contributed by atoms with Crippen LogP contribution in [0.3, 0.4) is 0 Å². The van der Waals surface area contributed by atoms with Gasteiger partial charge in [-0.25, -0.2) is 0 Å². The maximum absolute atomic E-state index is 9.11. The normalized spacial score (nSPS) is 29.2. The minimum Gasteiger partial charge on any atom is -0.305 e. The summed E-state index contributed by atoms with van der Waals surface area (Å²) in [5, 5.41) is 12.2. The molecule has 0 aromatic carbocycles. The maximum atomic E-state index is 9.11. The second-order valence-corrected chi connectivity index (χ2v) is 5.71. The quantitative estimate of drug-likeness (QED) is 0.768. The van der Waals surface area contributed by atoms with Crippen molar-refractivity contribution in [3.63, 3.8) is 0 Å². The standard InChI is InChI=1S/C13H26N4/c1-11-8-17(9-12(11)16(4)5)7-6-13(2,10-14)15-3/h11-12,15H,6-9H2,1-5H3. The first-order chi connectivity index (χ1) is 7.91. The number of hydrogen-bond acceptors (Lipinski definition) is 4. The van der Waals surface area contributed by atoms with Gasteiger partial charge in [-0.3, -0.25) is 0 Å². The molecule has 3 atom stereocenters. The van der Waals surface area contributed by atoms with Gasteiger partial charge < -0.3 is 15.1 Å². The molecule has 1 heterocycles. The molecule has 1 aliphatic heterocycles. The van der Waals surface area contributed by atoms with Crippen LogP contribution in [-0.4, -0.2) is 62.2 Å². The highest BCUT2D eigenvalue weighted by Gasteiger charge is 2.32. The van der Waals surface area contributed by atoms with Gasteiger partial charge in [0.25, 0.3) is 0 Å². The highest BCUT2D eigenvalue weighted by Crippen LogP contribution is 2.21. The van der Waals surface area contributed by atoms with Gasteiger partial charge in [0.05, 0.1) is 6.07 Å². The van der Waals surface area contributed by atoms with Gasteiger partial charge >= 0.3 is 0 Å². The van der Waals surface area contributed by atoms with Crippen LogP contribution in [0, 0.1) is 17.2 Å². The molecule has 0 saturated carbocycles. The van der Waals surface area contributed by atoms with Crippen molar-refractivity contribution in [3.05, 3.63) is 0 Å². The van der Waals surface area contributed by atoms with Crippen molar-refractivity contribution in [1.82, 2.24) is 15.1 Å². The number of nitrogens with zero attached hydrogens (tertiary/aromatic N) is 3. The van der Waals surface area contributed by atoms with Gasteiger partial charge in [-0.05, 0) is 40.4 Å². The molecule has 1 N–H and O–H groups in total. The molecule has 1 aliphatic rings. The van der Waals surface area contributed by atoms with Crippen molar-refractivity contribution in [1.29, 1.82) is 5.26 Å². The second kappa shape index (κ2) is 5.81. The third-order valence-corrected chi connectivity index (χ3v) is 4.04. The van der Waals surface area contributed by atoms with E-state index in [9.17, 15) is 0 Å². The number of nitriles is 1. The van der Waals surface area contributed by atoms with Crippen LogP contribution in [0.25, 0.3) is 0 Å². The van der Waals surface area contributed by atoms with Crippen LogP contribution in [0.1, 0.15) is 20.3 Å². The summed E-state index contributed by atoms with van der Waals surface area (Å²) in [4.78, 5) is 4.79. The SMILES string of the molecule is CNC(C)(C#N)CCN1CC(C)C(N(C)C)C1. The van der Waals surface area contributed by atoms with Crippen molar-refractivity contribution >= 4 is 0 Å². The lowest BCUT2D eigenvalue weighted by Gasteiger charge is -2.25. The van der Waals surface area contributed by atoms with Crippen molar-refractivity contribution in [3.8, 4) is 6.07 Å². The monoisotopic (exact) mass is 238 g/mol. The van der Waals surface area contributed by atoms with Gasteiger partial charge in [0.1, 0.15) is 5.54 Å². The van der Waals surface area contributed by atoms with Gasteiger partial charge in [-0.2, -0.15) is 5.26 Å². The van der Waals surface area contributed by atoms with Crippen molar-refractivity contribution in [2.45, 2.75) is 31.8 Å². The lowest BCUT2D eigenvalue weighted by atomic mass is 10.0. The fraction of sp³-hybridized carbons (Fsp3) is 0.923. The molecule has 0 aromatic heterocycles. The molecule has 4 heteroatoms. The van der Waals surface area contributed by atoms with Crippen LogP contribution in [0.15, 0.2) is 0 Å². The van der Waals surface area contributed by atoms with Crippen molar-refractivity contribution in [2.24, 2.45) is 5.92 Å². The lowest BCUT2D eigenvalue weighted by molar-refractivity contribution is 0.245. The smallest absolute Gasteiger partial charge is 0.104 e. The Morgan fingerprint density at radius 2 is 2.12 bits per heavy atom. The largest absolute Gasteiger partial charge is 0.305 e. The van der Waals surface area contributed by atoms with Crippen LogP contribution in [0.4, 0.5) is 0 Å². The average Bonchev–Trinajstić information content (AvgIpc) is 2.68. The zero-order valence-corrected chi connectivity index (χ0v) is 11.8. The van der Waals surface area contributed by atoms with E-state index in [4.69, 9.17) is 5.26 Å². The molecule has 1 saturated heterocycles. The topological polar surface area (TPSA) is 42.3 Å². The predicted molar refractivity (Wildman–Crippen MR) is 70.8 cm³/mol. The molecular formula is C13H26N4. The van der Waals surface area contributed by atoms with E-state index in [0.717, 1.165) is 26.1 Å². The highest BCUT2D eigenvalue weighted by atomic mass is 15.2. The summed E-state index contributed by atoms with van der Waals surface area (Å²) in [6, 6.07) is 3.00. The van der Waals surface area contributed by atoms with E-state index in [1.165, 1.54) is 0 Å². The first-order valence-electron chi connectivity index (χ1n) is 6.41. The van der Waals surface area contributed by atoms with Gasteiger partial charge in [0.15, 0.2) is 0 Å². The van der Waals surface area contributed by atoms with Crippen molar-refractivity contribution < 1.29 is 0 Å². The van der Waals surface area contributed by atoms with Crippen LogP contribution in [-0.2, 0) is 0 Å². The number of likely N-dealkylation sites (N-methyl/N-ethyl adjacent to an activating group) is 1. The van der Waals surface area contributed by atoms with Crippen LogP contribution >= 0.6 is 0 Å². The van der Waals surface area contributed by atoms with Gasteiger partial charge in [0.2, 0.25) is 0 Å². The third kappa shape index (κ3) is 3.67. The molecule has 0 spiro atoms. The molecule has 1 rings (SSSR count). The summed E-state index contributed by atoms with van der Waals surface area (Å²) in [7, 11) is 6.16. The van der Waals surface area contributed by atoms with E-state index in [1.807, 2.05) is 14.0 Å². The Bertz CT molecular complexity index is 284. The molecular weight excluding hydrogens is 212 g/mol. The van der Waals surface area contributed by atoms with E-state index in [-0.39, 0.29) is 5.54 Å². The van der Waals surface area contributed by atoms with Gasteiger partial charge in [-0.15, -0.1) is 0 Å². The van der Waals surface area contributed by atoms with E-state index < -0.39 is 0 Å². The Balaban J connectivity index is 2.43. The minimum atomic E-state index is -0.389. The predicted octanol–water partition coefficient (Wildman–Crippen LogP) is 0.760. The van der Waals surface area contributed by atoms with Gasteiger partial charge in [-0.1, -0.05) is 6.92 Å². The number of nitrogens with one attached hydrogen (secondary N) is 1. The highest BCUT2D eigenvalue weighted by molar-refractivity contribution is 5.03. The molecule has 0 aliphatic carbocycles. The Kier molecular flexibility index (Phi) is 4.93. The molecule has 0 bridgehead atoms. The van der Waals surface area contributed by atoms with Gasteiger partial charge in [0, 0.05) is 25.7 Å². The number of hydrogen-bond donors (Lipinski definition) is 1. The zero-order valence-electron chi connectivity index (χ0n) is 11.8. The first-order valence-corrected chi connectivity index (χ1v) is 6.41. The summed E-state index contributed by atoms with van der Waals surface area (Å²) in [5.74, 6) is 0.716. The Hall–Kier alpha value is -0.630. The van der Waals surface area contributed by atoms with E-state index in [1.54, 1.807) is 0 Å². The first kappa shape index (κ1) is 14.4. The van der Waals surface area contributed by atoms with Crippen LogP contribution < -0.4 is 5.32 Å². The summed E-state index contributed by atoms with van der Waals surface area (Å²) >= 11 is 0. The fourth-order valence-electron chi connectivity index (χ4n) is 2.52. The molecule has 1 fully saturated rings. The zero-order chi connectivity index (χ0) is 13.1. The van der Waals surface area contributed by atoms with E-state index >= 15 is 0 Å². The number of likely N-dealkylation sites (tertiary alicyclic amines) is 1. The van der Waals surface area contributed by atoms with Crippen LogP contribution in [0.2, 0.25) is 0 Å². The lowest BCUT2D eigenvalue weighted by Crippen LogP contribution is -2.41. The minimum absolute atomic E-state index is 0.389. The maximum Gasteiger partial charge on any atom is 0.104 e. The second-order valence-electron chi connectivity index (χ2n) is 5.71. The summed E-state index contributed by atoms with van der Waals surface area (Å²) < 4.78 is 0. The molecule has 3 unspecified atom stereocenters. The molecule has 0 amide bonds. The third-order valence-electron chi connectivity index (χ3n) is 4.04. The molecule has 0 radical (unpaired) electrons. The Morgan fingerprint density at radius 1 is 1.47 bits per heavy atom. The number of rotatable bonds is 5. The molecule has 0 aromatic rings. The van der Waals surface area contributed by atoms with E-state index in [2.05, 4.69) is 42.2 Å². The average molecular weight is 238 g/mol. The molecule has 4 nitrogen and oxygen atoms in total.